The van der Waals surface area contributed by atoms with Crippen molar-refractivity contribution >= 4 is 17.8 Å². The predicted molar refractivity (Wildman–Crippen MR) is 126 cm³/mol. The Labute approximate surface area is 199 Å². The summed E-state index contributed by atoms with van der Waals surface area (Å²) in [4.78, 5) is 17.4. The molecule has 0 saturated carbocycles. The average molecular weight is 481 g/mol. The first-order chi connectivity index (χ1) is 16.7. The van der Waals surface area contributed by atoms with Crippen LogP contribution in [0.3, 0.4) is 0 Å². The van der Waals surface area contributed by atoms with E-state index in [0.29, 0.717) is 11.3 Å². The fraction of sp³-hybridized carbons (Fsp3) is 0.160. The van der Waals surface area contributed by atoms with Gasteiger partial charge < -0.3 is 10.1 Å². The van der Waals surface area contributed by atoms with E-state index in [4.69, 9.17) is 0 Å². The Bertz CT molecular complexity index is 1300. The number of halogens is 3. The number of carbonyl (C=O) groups is 1. The van der Waals surface area contributed by atoms with E-state index in [0.717, 1.165) is 23.3 Å². The van der Waals surface area contributed by atoms with Gasteiger partial charge >= 0.3 is 6.36 Å². The smallest absolute Gasteiger partial charge is 0.406 e. The number of rotatable bonds is 7. The van der Waals surface area contributed by atoms with Crippen LogP contribution < -0.4 is 15.4 Å². The fourth-order valence-electron chi connectivity index (χ4n) is 3.44. The SMILES string of the molecule is Cc1ccccc1C(=O)Nc1nc(N[C@@H](C)c2ccccc2)nn1-c1ccc(OC(F)(F)F)cc1. The highest BCUT2D eigenvalue weighted by Crippen LogP contribution is 2.26. The highest BCUT2D eigenvalue weighted by atomic mass is 19.4. The van der Waals surface area contributed by atoms with Crippen LogP contribution in [0, 0.1) is 6.92 Å². The number of anilines is 2. The van der Waals surface area contributed by atoms with Gasteiger partial charge in [-0.05, 0) is 55.3 Å². The van der Waals surface area contributed by atoms with Crippen LogP contribution in [-0.2, 0) is 0 Å². The van der Waals surface area contributed by atoms with Crippen LogP contribution in [-0.4, -0.2) is 27.0 Å². The first-order valence-corrected chi connectivity index (χ1v) is 10.7. The van der Waals surface area contributed by atoms with Gasteiger partial charge in [0.2, 0.25) is 11.9 Å². The molecule has 0 aliphatic heterocycles. The van der Waals surface area contributed by atoms with E-state index in [1.54, 1.807) is 12.1 Å². The van der Waals surface area contributed by atoms with E-state index in [1.165, 1.54) is 16.8 Å². The van der Waals surface area contributed by atoms with Gasteiger partial charge in [-0.15, -0.1) is 18.3 Å². The Morgan fingerprint density at radius 3 is 2.29 bits per heavy atom. The second-order valence-electron chi connectivity index (χ2n) is 7.76. The van der Waals surface area contributed by atoms with E-state index >= 15 is 0 Å². The highest BCUT2D eigenvalue weighted by Gasteiger charge is 2.31. The van der Waals surface area contributed by atoms with E-state index in [-0.39, 0.29) is 23.7 Å². The summed E-state index contributed by atoms with van der Waals surface area (Å²) in [5.41, 5.74) is 2.62. The topological polar surface area (TPSA) is 81.1 Å². The Hall–Kier alpha value is -4.34. The number of nitrogens with one attached hydrogen (secondary N) is 2. The van der Waals surface area contributed by atoms with E-state index in [9.17, 15) is 18.0 Å². The Morgan fingerprint density at radius 2 is 1.63 bits per heavy atom. The van der Waals surface area contributed by atoms with E-state index in [1.807, 2.05) is 56.3 Å². The van der Waals surface area contributed by atoms with E-state index < -0.39 is 12.3 Å². The van der Waals surface area contributed by atoms with Gasteiger partial charge in [-0.3, -0.25) is 10.1 Å². The molecule has 1 atom stereocenters. The van der Waals surface area contributed by atoms with Gasteiger partial charge in [0.15, 0.2) is 0 Å². The number of alkyl halides is 3. The van der Waals surface area contributed by atoms with Crippen molar-refractivity contribution in [1.29, 1.82) is 0 Å². The summed E-state index contributed by atoms with van der Waals surface area (Å²) in [5.74, 6) is -0.429. The number of hydrogen-bond donors (Lipinski definition) is 2. The van der Waals surface area contributed by atoms with Crippen molar-refractivity contribution in [3.63, 3.8) is 0 Å². The molecular formula is C25H22F3N5O2. The Balaban J connectivity index is 1.65. The van der Waals surface area contributed by atoms with Crippen LogP contribution >= 0.6 is 0 Å². The molecule has 35 heavy (non-hydrogen) atoms. The van der Waals surface area contributed by atoms with Crippen molar-refractivity contribution in [3.05, 3.63) is 95.6 Å². The predicted octanol–water partition coefficient (Wildman–Crippen LogP) is 5.90. The molecule has 1 heterocycles. The van der Waals surface area contributed by atoms with Crippen LogP contribution in [0.5, 0.6) is 5.75 Å². The lowest BCUT2D eigenvalue weighted by Crippen LogP contribution is -2.17. The molecule has 180 valence electrons. The Morgan fingerprint density at radius 1 is 0.971 bits per heavy atom. The molecule has 0 aliphatic carbocycles. The number of aryl methyl sites for hydroxylation is 1. The molecule has 0 spiro atoms. The number of benzene rings is 3. The zero-order chi connectivity index (χ0) is 25.0. The van der Waals surface area contributed by atoms with Crippen molar-refractivity contribution < 1.29 is 22.7 Å². The second-order valence-corrected chi connectivity index (χ2v) is 7.76. The summed E-state index contributed by atoms with van der Waals surface area (Å²) in [7, 11) is 0. The van der Waals surface area contributed by atoms with Crippen LogP contribution in [0.25, 0.3) is 5.69 Å². The lowest BCUT2D eigenvalue weighted by atomic mass is 10.1. The zero-order valence-corrected chi connectivity index (χ0v) is 18.9. The standard InChI is InChI=1S/C25H22F3N5O2/c1-16-8-6-7-11-21(16)22(34)30-24-31-23(29-17(2)18-9-4-3-5-10-18)32-33(24)19-12-14-20(15-13-19)35-25(26,27)28/h3-15,17H,1-2H3,(H2,29,30,31,32,34)/t17-/m0/s1. The molecule has 0 unspecified atom stereocenters. The van der Waals surface area contributed by atoms with Gasteiger partial charge in [0, 0.05) is 5.56 Å². The summed E-state index contributed by atoms with van der Waals surface area (Å²) >= 11 is 0. The molecule has 1 amide bonds. The molecule has 1 aromatic heterocycles. The summed E-state index contributed by atoms with van der Waals surface area (Å²) in [6, 6.07) is 21.7. The molecule has 0 saturated heterocycles. The number of ether oxygens (including phenoxy) is 1. The van der Waals surface area contributed by atoms with Gasteiger partial charge in [0.1, 0.15) is 5.75 Å². The van der Waals surface area contributed by atoms with Crippen LogP contribution in [0.15, 0.2) is 78.9 Å². The van der Waals surface area contributed by atoms with Gasteiger partial charge in [0.05, 0.1) is 11.7 Å². The lowest BCUT2D eigenvalue weighted by Gasteiger charge is -2.12. The molecule has 2 N–H and O–H groups in total. The molecule has 3 aromatic carbocycles. The molecule has 10 heteroatoms. The van der Waals surface area contributed by atoms with Crippen LogP contribution in [0.1, 0.15) is 34.5 Å². The molecule has 0 aliphatic rings. The van der Waals surface area contributed by atoms with E-state index in [2.05, 4.69) is 25.5 Å². The monoisotopic (exact) mass is 481 g/mol. The van der Waals surface area contributed by atoms with Gasteiger partial charge in [-0.2, -0.15) is 9.67 Å². The van der Waals surface area contributed by atoms with Crippen molar-refractivity contribution in [2.45, 2.75) is 26.3 Å². The summed E-state index contributed by atoms with van der Waals surface area (Å²) in [6.07, 6.45) is -4.80. The zero-order valence-electron chi connectivity index (χ0n) is 18.9. The highest BCUT2D eigenvalue weighted by molar-refractivity contribution is 6.04. The molecule has 0 bridgehead atoms. The number of nitrogens with zero attached hydrogens (tertiary/aromatic N) is 3. The third kappa shape index (κ3) is 5.97. The molecule has 0 radical (unpaired) electrons. The second kappa shape index (κ2) is 9.88. The largest absolute Gasteiger partial charge is 0.573 e. The number of hydrogen-bond acceptors (Lipinski definition) is 5. The Kier molecular flexibility index (Phi) is 6.72. The van der Waals surface area contributed by atoms with Crippen LogP contribution in [0.4, 0.5) is 25.1 Å². The van der Waals surface area contributed by atoms with Crippen LogP contribution in [0.2, 0.25) is 0 Å². The first kappa shape index (κ1) is 23.8. The minimum Gasteiger partial charge on any atom is -0.406 e. The number of carbonyl (C=O) groups excluding carboxylic acids is 1. The van der Waals surface area contributed by atoms with Gasteiger partial charge in [0.25, 0.3) is 5.91 Å². The minimum atomic E-state index is -4.80. The molecule has 0 fully saturated rings. The molecule has 4 rings (SSSR count). The van der Waals surface area contributed by atoms with Crippen molar-refractivity contribution in [1.82, 2.24) is 14.8 Å². The summed E-state index contributed by atoms with van der Waals surface area (Å²) < 4.78 is 42.9. The van der Waals surface area contributed by atoms with Crippen molar-refractivity contribution in [2.75, 3.05) is 10.6 Å². The minimum absolute atomic E-state index is 0.102. The normalized spacial score (nSPS) is 12.1. The molecule has 4 aromatic rings. The maximum Gasteiger partial charge on any atom is 0.573 e. The third-order valence-electron chi connectivity index (χ3n) is 5.18. The summed E-state index contributed by atoms with van der Waals surface area (Å²) in [5, 5.41) is 10.4. The van der Waals surface area contributed by atoms with Crippen molar-refractivity contribution in [2.24, 2.45) is 0 Å². The third-order valence-corrected chi connectivity index (χ3v) is 5.18. The average Bonchev–Trinajstić information content (AvgIpc) is 3.21. The first-order valence-electron chi connectivity index (χ1n) is 10.7. The maximum atomic E-state index is 12.9. The maximum absolute atomic E-state index is 12.9. The van der Waals surface area contributed by atoms with Gasteiger partial charge in [-0.25, -0.2) is 0 Å². The quantitative estimate of drug-likeness (QED) is 0.344. The molecular weight excluding hydrogens is 459 g/mol. The van der Waals surface area contributed by atoms with Crippen molar-refractivity contribution in [3.8, 4) is 11.4 Å². The summed E-state index contributed by atoms with van der Waals surface area (Å²) in [6.45, 7) is 3.75. The molecule has 7 nitrogen and oxygen atoms in total. The fourth-order valence-corrected chi connectivity index (χ4v) is 3.44. The number of aromatic nitrogens is 3. The van der Waals surface area contributed by atoms with Gasteiger partial charge in [-0.1, -0.05) is 48.5 Å². The number of amides is 1. The lowest BCUT2D eigenvalue weighted by molar-refractivity contribution is -0.274.